The molecule has 2 saturated carbocycles. The molecule has 0 spiro atoms. The first-order valence-corrected chi connectivity index (χ1v) is 13.8. The van der Waals surface area contributed by atoms with Crippen molar-refractivity contribution in [2.24, 2.45) is 11.8 Å². The van der Waals surface area contributed by atoms with Crippen LogP contribution in [0, 0.1) is 11.8 Å². The largest absolute Gasteiger partial charge is 0.496 e. The van der Waals surface area contributed by atoms with Crippen LogP contribution in [0.4, 0.5) is 14.6 Å². The highest BCUT2D eigenvalue weighted by molar-refractivity contribution is 7.51. The number of carbonyl (C=O) groups excluding carboxylic acids is 1. The van der Waals surface area contributed by atoms with E-state index in [9.17, 15) is 13.6 Å². The topological polar surface area (TPSA) is 115 Å². The summed E-state index contributed by atoms with van der Waals surface area (Å²) in [6.07, 6.45) is 6.23. The summed E-state index contributed by atoms with van der Waals surface area (Å²) in [6, 6.07) is 1.32. The normalized spacial score (nSPS) is 22.2. The number of pyridine rings is 1. The predicted molar refractivity (Wildman–Crippen MR) is 141 cm³/mol. The maximum Gasteiger partial charge on any atom is 0.335 e. The van der Waals surface area contributed by atoms with Gasteiger partial charge in [0.1, 0.15) is 11.6 Å². The van der Waals surface area contributed by atoms with Gasteiger partial charge in [0.25, 0.3) is 5.91 Å². The summed E-state index contributed by atoms with van der Waals surface area (Å²) < 4.78 is 50.9. The van der Waals surface area contributed by atoms with Crippen molar-refractivity contribution < 1.29 is 26.7 Å². The van der Waals surface area contributed by atoms with Crippen LogP contribution in [-0.2, 0) is 18.1 Å². The van der Waals surface area contributed by atoms with E-state index in [2.05, 4.69) is 27.6 Å². The van der Waals surface area contributed by atoms with Gasteiger partial charge in [-0.2, -0.15) is 13.5 Å². The highest BCUT2D eigenvalue weighted by atomic mass is 35.5. The molecule has 0 aliphatic heterocycles. The SMILES string of the molecule is CCn1nc(C(=O)NCC2CCC(C)CC2)c(Cl)c1-c1cnc(N[C@@H]2CCC(F)(F)C2)cc1OC.O=S=O. The third kappa shape index (κ3) is 7.49. The van der Waals surface area contributed by atoms with E-state index in [-0.39, 0.29) is 35.5 Å². The number of hydrogen-bond donors (Lipinski definition) is 2. The first kappa shape index (κ1) is 29.9. The third-order valence-corrected chi connectivity index (χ3v) is 7.55. The molecule has 13 heteroatoms. The second-order valence-corrected chi connectivity index (χ2v) is 10.5. The second-order valence-electron chi connectivity index (χ2n) is 9.94. The van der Waals surface area contributed by atoms with Crippen LogP contribution in [-0.4, -0.2) is 54.7 Å². The van der Waals surface area contributed by atoms with Gasteiger partial charge in [-0.15, -0.1) is 0 Å². The molecule has 2 aliphatic carbocycles. The van der Waals surface area contributed by atoms with Gasteiger partial charge in [0.05, 0.1) is 23.4 Å². The van der Waals surface area contributed by atoms with Crippen LogP contribution < -0.4 is 15.4 Å². The molecule has 1 atom stereocenters. The quantitative estimate of drug-likeness (QED) is 0.451. The van der Waals surface area contributed by atoms with Crippen LogP contribution in [0.3, 0.4) is 0 Å². The molecule has 2 N–H and O–H groups in total. The molecule has 0 saturated heterocycles. The number of ether oxygens (including phenoxy) is 1. The van der Waals surface area contributed by atoms with E-state index >= 15 is 0 Å². The van der Waals surface area contributed by atoms with Crippen molar-refractivity contribution in [3.05, 3.63) is 23.0 Å². The zero-order valence-electron chi connectivity index (χ0n) is 21.8. The molecule has 1 amide bonds. The summed E-state index contributed by atoms with van der Waals surface area (Å²) in [7, 11) is 1.52. The van der Waals surface area contributed by atoms with Crippen LogP contribution in [0.1, 0.15) is 69.3 Å². The zero-order chi connectivity index (χ0) is 27.9. The summed E-state index contributed by atoms with van der Waals surface area (Å²) in [5.41, 5.74) is 1.29. The summed E-state index contributed by atoms with van der Waals surface area (Å²) in [5.74, 6) is -0.794. The van der Waals surface area contributed by atoms with Crippen molar-refractivity contribution >= 4 is 34.9 Å². The molecule has 2 aliphatic rings. The van der Waals surface area contributed by atoms with Crippen LogP contribution in [0.2, 0.25) is 5.02 Å². The fraction of sp³-hybridized carbons (Fsp3) is 0.640. The Bertz CT molecular complexity index is 1150. The lowest BCUT2D eigenvalue weighted by Crippen LogP contribution is -2.31. The Labute approximate surface area is 229 Å². The summed E-state index contributed by atoms with van der Waals surface area (Å²) in [4.78, 5) is 17.4. The summed E-state index contributed by atoms with van der Waals surface area (Å²) >= 11 is 5.94. The molecule has 4 rings (SSSR count). The van der Waals surface area contributed by atoms with Crippen molar-refractivity contribution in [1.82, 2.24) is 20.1 Å². The lowest BCUT2D eigenvalue weighted by atomic mass is 9.83. The molecular formula is C25H34ClF2N5O4S. The summed E-state index contributed by atoms with van der Waals surface area (Å²) in [5, 5.41) is 10.8. The number of alkyl halides is 2. The first-order chi connectivity index (χ1) is 18.1. The molecule has 210 valence electrons. The first-order valence-electron chi connectivity index (χ1n) is 12.8. The molecule has 0 aromatic carbocycles. The molecule has 2 aromatic rings. The number of aromatic nitrogens is 3. The minimum Gasteiger partial charge on any atom is -0.496 e. The number of hydrogen-bond acceptors (Lipinski definition) is 7. The predicted octanol–water partition coefficient (Wildman–Crippen LogP) is 5.11. The Morgan fingerprint density at radius 2 is 1.95 bits per heavy atom. The van der Waals surface area contributed by atoms with Crippen molar-refractivity contribution in [1.29, 1.82) is 0 Å². The maximum atomic E-state index is 13.6. The lowest BCUT2D eigenvalue weighted by Gasteiger charge is -2.26. The van der Waals surface area contributed by atoms with Gasteiger partial charge in [-0.05, 0) is 38.0 Å². The number of nitrogens with zero attached hydrogens (tertiary/aromatic N) is 3. The second kappa shape index (κ2) is 13.5. The van der Waals surface area contributed by atoms with E-state index in [0.29, 0.717) is 48.3 Å². The fourth-order valence-electron chi connectivity index (χ4n) is 5.07. The molecule has 2 fully saturated rings. The van der Waals surface area contributed by atoms with Crippen LogP contribution in [0.5, 0.6) is 5.75 Å². The van der Waals surface area contributed by atoms with Crippen LogP contribution in [0.15, 0.2) is 12.3 Å². The monoisotopic (exact) mass is 573 g/mol. The molecule has 2 aromatic heterocycles. The number of carbonyl (C=O) groups is 1. The van der Waals surface area contributed by atoms with Gasteiger partial charge < -0.3 is 15.4 Å². The van der Waals surface area contributed by atoms with Crippen LogP contribution >= 0.6 is 11.6 Å². The lowest BCUT2D eigenvalue weighted by molar-refractivity contribution is 0.00851. The number of rotatable bonds is 8. The van der Waals surface area contributed by atoms with Crippen LogP contribution in [0.25, 0.3) is 11.3 Å². The Balaban J connectivity index is 0.00000127. The standard InChI is InChI=1S/C25H34ClF2N5O2.O2S/c1-4-33-23(21(26)22(32-33)24(34)30-13-16-7-5-15(2)6-8-16)18-14-29-20(11-19(18)35-3)31-17-9-10-25(27,28)12-17;1-3-2/h11,14-17H,4-10,12-13H2,1-3H3,(H,29,31)(H,30,34);/t15?,16?,17-;/m1./s1. The third-order valence-electron chi connectivity index (χ3n) is 7.19. The van der Waals surface area contributed by atoms with E-state index < -0.39 is 17.5 Å². The van der Waals surface area contributed by atoms with Gasteiger partial charge in [0, 0.05) is 44.2 Å². The van der Waals surface area contributed by atoms with E-state index in [1.54, 1.807) is 16.9 Å². The minimum absolute atomic E-state index is 0.129. The molecule has 0 bridgehead atoms. The molecule has 0 unspecified atom stereocenters. The van der Waals surface area contributed by atoms with E-state index in [1.807, 2.05) is 6.92 Å². The summed E-state index contributed by atoms with van der Waals surface area (Å²) in [6.45, 7) is 5.28. The fourth-order valence-corrected chi connectivity index (χ4v) is 5.39. The number of methoxy groups -OCH3 is 1. The number of halogens is 3. The number of nitrogens with one attached hydrogen (secondary N) is 2. The van der Waals surface area contributed by atoms with Gasteiger partial charge >= 0.3 is 11.6 Å². The van der Waals surface area contributed by atoms with Gasteiger partial charge in [-0.3, -0.25) is 9.48 Å². The molecule has 0 radical (unpaired) electrons. The van der Waals surface area contributed by atoms with Gasteiger partial charge in [0.2, 0.25) is 5.92 Å². The van der Waals surface area contributed by atoms with Crippen molar-refractivity contribution in [3.63, 3.8) is 0 Å². The Morgan fingerprint density at radius 3 is 2.53 bits per heavy atom. The Kier molecular flexibility index (Phi) is 10.6. The number of anilines is 1. The Morgan fingerprint density at radius 1 is 1.26 bits per heavy atom. The van der Waals surface area contributed by atoms with Crippen molar-refractivity contribution in [3.8, 4) is 17.0 Å². The van der Waals surface area contributed by atoms with E-state index in [1.165, 1.54) is 20.0 Å². The van der Waals surface area contributed by atoms with Gasteiger partial charge in [-0.1, -0.05) is 31.4 Å². The Hall–Kier alpha value is -2.60. The molecular weight excluding hydrogens is 540 g/mol. The highest BCUT2D eigenvalue weighted by Crippen LogP contribution is 2.39. The van der Waals surface area contributed by atoms with Gasteiger partial charge in [0.15, 0.2) is 5.69 Å². The maximum absolute atomic E-state index is 13.6. The molecule has 38 heavy (non-hydrogen) atoms. The average molecular weight is 574 g/mol. The van der Waals surface area contributed by atoms with E-state index in [4.69, 9.17) is 24.8 Å². The van der Waals surface area contributed by atoms with Crippen molar-refractivity contribution in [2.75, 3.05) is 19.0 Å². The smallest absolute Gasteiger partial charge is 0.335 e. The minimum atomic E-state index is -2.64. The highest BCUT2D eigenvalue weighted by Gasteiger charge is 2.39. The number of amides is 1. The molecule has 2 heterocycles. The number of aryl methyl sites for hydroxylation is 1. The molecule has 9 nitrogen and oxygen atoms in total. The van der Waals surface area contributed by atoms with Gasteiger partial charge in [-0.25, -0.2) is 13.8 Å². The average Bonchev–Trinajstić information content (AvgIpc) is 3.41. The van der Waals surface area contributed by atoms with Crippen molar-refractivity contribution in [2.45, 2.75) is 77.3 Å². The zero-order valence-corrected chi connectivity index (χ0v) is 23.3. The van der Waals surface area contributed by atoms with E-state index in [0.717, 1.165) is 18.8 Å².